The number of nitrogens with one attached hydrogen (secondary N) is 3. The number of carbonyl (C=O) groups excluding carboxylic acids is 2. The average Bonchev–Trinajstić information content (AvgIpc) is 2.47. The van der Waals surface area contributed by atoms with Crippen molar-refractivity contribution in [2.75, 3.05) is 20.2 Å². The quantitative estimate of drug-likeness (QED) is 0.736. The van der Waals surface area contributed by atoms with E-state index in [1.54, 1.807) is 13.0 Å². The van der Waals surface area contributed by atoms with Gasteiger partial charge < -0.3 is 15.4 Å². The topological polar surface area (TPSA) is 79.5 Å². The van der Waals surface area contributed by atoms with Gasteiger partial charge in [0.25, 0.3) is 0 Å². The molecule has 1 aromatic carbocycles. The number of amides is 2. The summed E-state index contributed by atoms with van der Waals surface area (Å²) in [5.74, 6) is -0.684. The summed E-state index contributed by atoms with van der Waals surface area (Å²) in [6, 6.07) is 3.72. The molecule has 1 aromatic rings. The number of halogens is 1. The van der Waals surface area contributed by atoms with Gasteiger partial charge in [0.2, 0.25) is 11.8 Å². The number of piperazine rings is 1. The summed E-state index contributed by atoms with van der Waals surface area (Å²) in [4.78, 5) is 23.1. The molecule has 1 fully saturated rings. The maximum atomic E-state index is 13.6. The number of rotatable bonds is 4. The Morgan fingerprint density at radius 2 is 2.29 bits per heavy atom. The van der Waals surface area contributed by atoms with Crippen molar-refractivity contribution in [3.63, 3.8) is 0 Å². The molecule has 7 heteroatoms. The minimum atomic E-state index is -0.478. The largest absolute Gasteiger partial charge is 0.494 e. The van der Waals surface area contributed by atoms with Gasteiger partial charge in [0.05, 0.1) is 19.7 Å². The van der Waals surface area contributed by atoms with Gasteiger partial charge in [-0.05, 0) is 24.6 Å². The third-order valence-corrected chi connectivity index (χ3v) is 3.36. The minimum Gasteiger partial charge on any atom is -0.494 e. The lowest BCUT2D eigenvalue weighted by molar-refractivity contribution is -0.127. The monoisotopic (exact) mass is 295 g/mol. The molecule has 1 aliphatic heterocycles. The first-order chi connectivity index (χ1) is 10.0. The van der Waals surface area contributed by atoms with Crippen molar-refractivity contribution in [1.29, 1.82) is 0 Å². The lowest BCUT2D eigenvalue weighted by Crippen LogP contribution is -2.58. The lowest BCUT2D eigenvalue weighted by Gasteiger charge is -2.25. The summed E-state index contributed by atoms with van der Waals surface area (Å²) in [6.07, 6.45) is 0. The molecule has 1 heterocycles. The predicted molar refractivity (Wildman–Crippen MR) is 74.3 cm³/mol. The molecule has 114 valence electrons. The molecular formula is C14H18FN3O3. The third kappa shape index (κ3) is 3.69. The van der Waals surface area contributed by atoms with E-state index in [-0.39, 0.29) is 36.7 Å². The van der Waals surface area contributed by atoms with Crippen LogP contribution in [0.25, 0.3) is 0 Å². The van der Waals surface area contributed by atoms with Crippen LogP contribution in [-0.2, 0) is 9.59 Å². The van der Waals surface area contributed by atoms with Crippen LogP contribution in [0.3, 0.4) is 0 Å². The summed E-state index contributed by atoms with van der Waals surface area (Å²) >= 11 is 0. The van der Waals surface area contributed by atoms with Crippen LogP contribution in [0.4, 0.5) is 4.39 Å². The molecule has 0 aromatic heterocycles. The Hall–Kier alpha value is -2.15. The van der Waals surface area contributed by atoms with Gasteiger partial charge in [0.1, 0.15) is 6.04 Å². The second kappa shape index (κ2) is 6.53. The van der Waals surface area contributed by atoms with Gasteiger partial charge in [0, 0.05) is 6.54 Å². The molecule has 0 aliphatic carbocycles. The molecule has 0 bridgehead atoms. The fourth-order valence-corrected chi connectivity index (χ4v) is 2.10. The highest BCUT2D eigenvalue weighted by Crippen LogP contribution is 2.21. The Morgan fingerprint density at radius 1 is 1.52 bits per heavy atom. The third-order valence-electron chi connectivity index (χ3n) is 3.36. The van der Waals surface area contributed by atoms with Crippen molar-refractivity contribution in [3.05, 3.63) is 29.6 Å². The van der Waals surface area contributed by atoms with E-state index in [0.29, 0.717) is 5.56 Å². The van der Waals surface area contributed by atoms with E-state index in [9.17, 15) is 14.0 Å². The predicted octanol–water partition coefficient (Wildman–Crippen LogP) is 0.0995. The van der Waals surface area contributed by atoms with Crippen molar-refractivity contribution >= 4 is 11.8 Å². The van der Waals surface area contributed by atoms with E-state index in [1.807, 2.05) is 0 Å². The van der Waals surface area contributed by atoms with Crippen LogP contribution in [-0.4, -0.2) is 38.1 Å². The van der Waals surface area contributed by atoms with Gasteiger partial charge in [-0.1, -0.05) is 6.07 Å². The van der Waals surface area contributed by atoms with Crippen LogP contribution in [0.2, 0.25) is 0 Å². The second-order valence-corrected chi connectivity index (χ2v) is 4.86. The summed E-state index contributed by atoms with van der Waals surface area (Å²) in [5, 5.41) is 8.23. The Labute approximate surface area is 122 Å². The molecule has 21 heavy (non-hydrogen) atoms. The summed E-state index contributed by atoms with van der Waals surface area (Å²) in [6.45, 7) is 2.12. The molecule has 3 N–H and O–H groups in total. The van der Waals surface area contributed by atoms with Crippen molar-refractivity contribution < 1.29 is 18.7 Å². The van der Waals surface area contributed by atoms with Crippen LogP contribution < -0.4 is 20.7 Å². The molecule has 2 rings (SSSR count). The Bertz CT molecular complexity index is 540. The van der Waals surface area contributed by atoms with E-state index >= 15 is 0 Å². The van der Waals surface area contributed by atoms with Gasteiger partial charge in [0.15, 0.2) is 11.6 Å². The van der Waals surface area contributed by atoms with Crippen molar-refractivity contribution in [3.8, 4) is 5.75 Å². The fourth-order valence-electron chi connectivity index (χ4n) is 2.10. The molecule has 2 atom stereocenters. The molecule has 0 saturated carbocycles. The van der Waals surface area contributed by atoms with Gasteiger partial charge in [-0.15, -0.1) is 0 Å². The first-order valence-electron chi connectivity index (χ1n) is 6.65. The molecule has 1 aliphatic rings. The highest BCUT2D eigenvalue weighted by atomic mass is 19.1. The summed E-state index contributed by atoms with van der Waals surface area (Å²) in [5.41, 5.74) is 0.640. The zero-order valence-corrected chi connectivity index (χ0v) is 11.9. The van der Waals surface area contributed by atoms with Crippen LogP contribution in [0.15, 0.2) is 18.2 Å². The SMILES string of the molecule is COc1ccc(C(C)NC(=O)C2CNC(=O)CN2)cc1F. The second-order valence-electron chi connectivity index (χ2n) is 4.86. The Kier molecular flexibility index (Phi) is 4.74. The Morgan fingerprint density at radius 3 is 2.86 bits per heavy atom. The van der Waals surface area contributed by atoms with Gasteiger partial charge in [-0.25, -0.2) is 4.39 Å². The van der Waals surface area contributed by atoms with Gasteiger partial charge >= 0.3 is 0 Å². The number of benzene rings is 1. The standard InChI is InChI=1S/C14H18FN3O3/c1-8(9-3-4-12(21-2)10(15)5-9)18-14(20)11-6-17-13(19)7-16-11/h3-5,8,11,16H,6-7H2,1-2H3,(H,17,19)(H,18,20). The summed E-state index contributed by atoms with van der Waals surface area (Å²) in [7, 11) is 1.40. The van der Waals surface area contributed by atoms with Crippen LogP contribution >= 0.6 is 0 Å². The zero-order valence-electron chi connectivity index (χ0n) is 11.9. The first kappa shape index (κ1) is 15.2. The van der Waals surface area contributed by atoms with Crippen molar-refractivity contribution in [2.45, 2.75) is 19.0 Å². The number of ether oxygens (including phenoxy) is 1. The lowest BCUT2D eigenvalue weighted by atomic mass is 10.1. The molecule has 0 radical (unpaired) electrons. The maximum Gasteiger partial charge on any atom is 0.239 e. The summed E-state index contributed by atoms with van der Waals surface area (Å²) < 4.78 is 18.5. The molecule has 2 unspecified atom stereocenters. The minimum absolute atomic E-state index is 0.115. The number of hydrogen-bond donors (Lipinski definition) is 3. The van der Waals surface area contributed by atoms with E-state index in [2.05, 4.69) is 16.0 Å². The number of hydrogen-bond acceptors (Lipinski definition) is 4. The first-order valence-corrected chi connectivity index (χ1v) is 6.65. The van der Waals surface area contributed by atoms with Crippen LogP contribution in [0, 0.1) is 5.82 Å². The normalized spacial score (nSPS) is 19.6. The van der Waals surface area contributed by atoms with E-state index in [4.69, 9.17) is 4.74 Å². The van der Waals surface area contributed by atoms with Gasteiger partial charge in [-0.2, -0.15) is 0 Å². The van der Waals surface area contributed by atoms with Crippen molar-refractivity contribution in [2.24, 2.45) is 0 Å². The van der Waals surface area contributed by atoms with E-state index in [1.165, 1.54) is 19.2 Å². The van der Waals surface area contributed by atoms with Crippen molar-refractivity contribution in [1.82, 2.24) is 16.0 Å². The molecule has 0 spiro atoms. The number of methoxy groups -OCH3 is 1. The average molecular weight is 295 g/mol. The fraction of sp³-hybridized carbons (Fsp3) is 0.429. The highest BCUT2D eigenvalue weighted by molar-refractivity contribution is 5.86. The zero-order chi connectivity index (χ0) is 15.4. The molecular weight excluding hydrogens is 277 g/mol. The molecule has 2 amide bonds. The van der Waals surface area contributed by atoms with E-state index in [0.717, 1.165) is 0 Å². The Balaban J connectivity index is 1.97. The molecule has 1 saturated heterocycles. The maximum absolute atomic E-state index is 13.6. The number of carbonyl (C=O) groups is 2. The van der Waals surface area contributed by atoms with Crippen LogP contribution in [0.5, 0.6) is 5.75 Å². The molecule has 6 nitrogen and oxygen atoms in total. The van der Waals surface area contributed by atoms with Crippen LogP contribution in [0.1, 0.15) is 18.5 Å². The van der Waals surface area contributed by atoms with Gasteiger partial charge in [-0.3, -0.25) is 14.9 Å². The highest BCUT2D eigenvalue weighted by Gasteiger charge is 2.25. The van der Waals surface area contributed by atoms with E-state index < -0.39 is 11.9 Å². The smallest absolute Gasteiger partial charge is 0.239 e.